The molecule has 1 aliphatic carbocycles. The molecule has 1 heterocycles. The number of hydrogen-bond donors (Lipinski definition) is 2. The molecule has 2 aliphatic rings. The van der Waals surface area contributed by atoms with Gasteiger partial charge in [-0.05, 0) is 46.5 Å². The zero-order valence-corrected chi connectivity index (χ0v) is 11.9. The predicted molar refractivity (Wildman–Crippen MR) is 73.9 cm³/mol. The first kappa shape index (κ1) is 13.8. The summed E-state index contributed by atoms with van der Waals surface area (Å²) in [6.07, 6.45) is 7.70. The first-order chi connectivity index (χ1) is 8.93. The van der Waals surface area contributed by atoms with E-state index >= 15 is 0 Å². The van der Waals surface area contributed by atoms with Crippen molar-refractivity contribution in [1.29, 1.82) is 0 Å². The van der Waals surface area contributed by atoms with Crippen LogP contribution in [0.3, 0.4) is 0 Å². The van der Waals surface area contributed by atoms with Gasteiger partial charge in [-0.1, -0.05) is 23.3 Å². The Labute approximate surface area is 114 Å². The Bertz CT molecular complexity index is 461. The van der Waals surface area contributed by atoms with E-state index in [1.165, 1.54) is 11.1 Å². The highest BCUT2D eigenvalue weighted by atomic mass is 16.2. The second kappa shape index (κ2) is 5.19. The van der Waals surface area contributed by atoms with Gasteiger partial charge in [-0.15, -0.1) is 0 Å². The van der Waals surface area contributed by atoms with Crippen molar-refractivity contribution in [3.8, 4) is 0 Å². The van der Waals surface area contributed by atoms with Gasteiger partial charge in [-0.25, -0.2) is 0 Å². The maximum atomic E-state index is 11.9. The molecule has 0 aromatic carbocycles. The smallest absolute Gasteiger partial charge is 0.245 e. The SMILES string of the molecule is CC(C)=CCCC1=CCC2(C)C(=O)NNC(=O)C2C1. The molecule has 19 heavy (non-hydrogen) atoms. The lowest BCUT2D eigenvalue weighted by Gasteiger charge is -2.41. The van der Waals surface area contributed by atoms with Gasteiger partial charge in [0.15, 0.2) is 0 Å². The van der Waals surface area contributed by atoms with Gasteiger partial charge in [0, 0.05) is 0 Å². The molecule has 2 amide bonds. The van der Waals surface area contributed by atoms with Gasteiger partial charge in [-0.3, -0.25) is 20.4 Å². The summed E-state index contributed by atoms with van der Waals surface area (Å²) in [4.78, 5) is 23.9. The molecule has 1 aliphatic heterocycles. The van der Waals surface area contributed by atoms with Crippen molar-refractivity contribution in [2.24, 2.45) is 11.3 Å². The van der Waals surface area contributed by atoms with E-state index in [9.17, 15) is 9.59 Å². The van der Waals surface area contributed by atoms with Crippen molar-refractivity contribution in [2.45, 2.75) is 46.5 Å². The van der Waals surface area contributed by atoms with E-state index in [2.05, 4.69) is 36.9 Å². The van der Waals surface area contributed by atoms with Gasteiger partial charge < -0.3 is 0 Å². The van der Waals surface area contributed by atoms with E-state index in [0.717, 1.165) is 12.8 Å². The van der Waals surface area contributed by atoms with Gasteiger partial charge in [-0.2, -0.15) is 0 Å². The van der Waals surface area contributed by atoms with E-state index in [1.807, 2.05) is 6.92 Å². The van der Waals surface area contributed by atoms with Crippen LogP contribution in [-0.2, 0) is 9.59 Å². The van der Waals surface area contributed by atoms with Crippen molar-refractivity contribution in [2.75, 3.05) is 0 Å². The second-order valence-electron chi connectivity index (χ2n) is 6.00. The van der Waals surface area contributed by atoms with Gasteiger partial charge in [0.05, 0.1) is 11.3 Å². The molecule has 1 saturated heterocycles. The molecule has 4 nitrogen and oxygen atoms in total. The van der Waals surface area contributed by atoms with Crippen LogP contribution in [0.5, 0.6) is 0 Å². The third-order valence-corrected chi connectivity index (χ3v) is 4.20. The maximum Gasteiger partial charge on any atom is 0.245 e. The minimum atomic E-state index is -0.581. The number of hydrogen-bond acceptors (Lipinski definition) is 2. The molecule has 0 saturated carbocycles. The van der Waals surface area contributed by atoms with Crippen molar-refractivity contribution in [3.05, 3.63) is 23.3 Å². The number of nitrogens with one attached hydrogen (secondary N) is 2. The van der Waals surface area contributed by atoms with Crippen molar-refractivity contribution >= 4 is 11.8 Å². The molecule has 2 rings (SSSR count). The van der Waals surface area contributed by atoms with Crippen molar-refractivity contribution in [1.82, 2.24) is 10.9 Å². The minimum absolute atomic E-state index is 0.0603. The topological polar surface area (TPSA) is 58.2 Å². The van der Waals surface area contributed by atoms with E-state index in [0.29, 0.717) is 12.8 Å². The Kier molecular flexibility index (Phi) is 3.78. The number of carbonyl (C=O) groups is 2. The molecule has 2 N–H and O–H groups in total. The fourth-order valence-electron chi connectivity index (χ4n) is 2.80. The molecule has 1 fully saturated rings. The Morgan fingerprint density at radius 2 is 2.16 bits per heavy atom. The van der Waals surface area contributed by atoms with Crippen LogP contribution in [0.4, 0.5) is 0 Å². The second-order valence-corrected chi connectivity index (χ2v) is 6.00. The Morgan fingerprint density at radius 3 is 2.84 bits per heavy atom. The lowest BCUT2D eigenvalue weighted by atomic mass is 9.66. The molecule has 104 valence electrons. The van der Waals surface area contributed by atoms with Crippen LogP contribution in [0.1, 0.15) is 46.5 Å². The third-order valence-electron chi connectivity index (χ3n) is 4.20. The summed E-state index contributed by atoms with van der Waals surface area (Å²) in [6, 6.07) is 0. The summed E-state index contributed by atoms with van der Waals surface area (Å²) in [7, 11) is 0. The monoisotopic (exact) mass is 262 g/mol. The van der Waals surface area contributed by atoms with Crippen molar-refractivity contribution in [3.63, 3.8) is 0 Å². The maximum absolute atomic E-state index is 11.9. The molecule has 4 heteroatoms. The van der Waals surface area contributed by atoms with Crippen LogP contribution in [0.15, 0.2) is 23.3 Å². The number of carbonyl (C=O) groups excluding carboxylic acids is 2. The molecule has 2 atom stereocenters. The molecule has 0 radical (unpaired) electrons. The summed E-state index contributed by atoms with van der Waals surface area (Å²) in [5.74, 6) is -0.362. The van der Waals surface area contributed by atoms with Crippen molar-refractivity contribution < 1.29 is 9.59 Å². The van der Waals surface area contributed by atoms with Crippen LogP contribution in [0.25, 0.3) is 0 Å². The van der Waals surface area contributed by atoms with Gasteiger partial charge >= 0.3 is 0 Å². The molecule has 0 spiro atoms. The van der Waals surface area contributed by atoms with Crippen LogP contribution in [0, 0.1) is 11.3 Å². The van der Waals surface area contributed by atoms with Gasteiger partial charge in [0.2, 0.25) is 11.8 Å². The van der Waals surface area contributed by atoms with E-state index in [-0.39, 0.29) is 17.7 Å². The molecule has 0 aromatic rings. The number of rotatable bonds is 3. The number of amides is 2. The quantitative estimate of drug-likeness (QED) is 0.766. The molecular weight excluding hydrogens is 240 g/mol. The lowest BCUT2D eigenvalue weighted by molar-refractivity contribution is -0.150. The number of hydrazine groups is 1. The molecular formula is C15H22N2O2. The number of allylic oxidation sites excluding steroid dienone is 4. The first-order valence-corrected chi connectivity index (χ1v) is 6.85. The van der Waals surface area contributed by atoms with Crippen LogP contribution in [-0.4, -0.2) is 11.8 Å². The summed E-state index contributed by atoms with van der Waals surface area (Å²) >= 11 is 0. The average Bonchev–Trinajstić information content (AvgIpc) is 2.35. The first-order valence-electron chi connectivity index (χ1n) is 6.85. The predicted octanol–water partition coefficient (Wildman–Crippen LogP) is 2.24. The van der Waals surface area contributed by atoms with E-state index < -0.39 is 5.41 Å². The third kappa shape index (κ3) is 2.72. The molecule has 0 aromatic heterocycles. The zero-order chi connectivity index (χ0) is 14.0. The van der Waals surface area contributed by atoms with Gasteiger partial charge in [0.25, 0.3) is 0 Å². The fourth-order valence-corrected chi connectivity index (χ4v) is 2.80. The summed E-state index contributed by atoms with van der Waals surface area (Å²) in [5, 5.41) is 0. The minimum Gasteiger partial charge on any atom is -0.273 e. The summed E-state index contributed by atoms with van der Waals surface area (Å²) in [6.45, 7) is 6.06. The molecule has 2 unspecified atom stereocenters. The lowest BCUT2D eigenvalue weighted by Crippen LogP contribution is -2.61. The highest BCUT2D eigenvalue weighted by Crippen LogP contribution is 2.43. The summed E-state index contributed by atoms with van der Waals surface area (Å²) in [5.41, 5.74) is 6.97. The molecule has 0 bridgehead atoms. The highest BCUT2D eigenvalue weighted by molar-refractivity contribution is 5.95. The van der Waals surface area contributed by atoms with Crippen LogP contribution >= 0.6 is 0 Å². The van der Waals surface area contributed by atoms with Crippen LogP contribution in [0.2, 0.25) is 0 Å². The Balaban J connectivity index is 2.08. The standard InChI is InChI=1S/C15H22N2O2/c1-10(2)5-4-6-11-7-8-15(3)12(9-11)13(18)16-17-14(15)19/h5,7,12H,4,6,8-9H2,1-3H3,(H,16,18)(H,17,19). The summed E-state index contributed by atoms with van der Waals surface area (Å²) < 4.78 is 0. The Hall–Kier alpha value is -1.58. The normalized spacial score (nSPS) is 29.8. The van der Waals surface area contributed by atoms with E-state index in [1.54, 1.807) is 0 Å². The zero-order valence-electron chi connectivity index (χ0n) is 11.9. The average molecular weight is 262 g/mol. The largest absolute Gasteiger partial charge is 0.273 e. The van der Waals surface area contributed by atoms with E-state index in [4.69, 9.17) is 0 Å². The van der Waals surface area contributed by atoms with Gasteiger partial charge in [0.1, 0.15) is 0 Å². The number of fused-ring (bicyclic) bond motifs is 1. The fraction of sp³-hybridized carbons (Fsp3) is 0.600. The Morgan fingerprint density at radius 1 is 1.42 bits per heavy atom. The highest BCUT2D eigenvalue weighted by Gasteiger charge is 2.49. The van der Waals surface area contributed by atoms with Crippen LogP contribution < -0.4 is 10.9 Å².